The van der Waals surface area contributed by atoms with Crippen molar-refractivity contribution in [2.75, 3.05) is 39.5 Å². The highest BCUT2D eigenvalue weighted by Crippen LogP contribution is 2.22. The summed E-state index contributed by atoms with van der Waals surface area (Å²) in [6.45, 7) is 14.5. The van der Waals surface area contributed by atoms with Crippen molar-refractivity contribution < 1.29 is 29.2 Å². The molecule has 0 radical (unpaired) electrons. The first kappa shape index (κ1) is 37.0. The van der Waals surface area contributed by atoms with Crippen molar-refractivity contribution in [1.82, 2.24) is 28.9 Å². The molecule has 262 valence electrons. The van der Waals surface area contributed by atoms with Gasteiger partial charge in [0.2, 0.25) is 0 Å². The molecule has 4 rings (SSSR count). The molecule has 0 spiro atoms. The summed E-state index contributed by atoms with van der Waals surface area (Å²) in [5, 5.41) is 21.4. The number of hydrogen-bond donors (Lipinski definition) is 2. The Balaban J connectivity index is 1.57. The van der Waals surface area contributed by atoms with Gasteiger partial charge in [0.25, 0.3) is 0 Å². The predicted molar refractivity (Wildman–Crippen MR) is 183 cm³/mol. The van der Waals surface area contributed by atoms with Gasteiger partial charge in [0, 0.05) is 88.5 Å². The summed E-state index contributed by atoms with van der Waals surface area (Å²) in [6.07, 6.45) is 6.74. The van der Waals surface area contributed by atoms with E-state index in [4.69, 9.17) is 28.9 Å². The second kappa shape index (κ2) is 19.9. The van der Waals surface area contributed by atoms with Crippen molar-refractivity contribution >= 4 is 0 Å². The highest BCUT2D eigenvalue weighted by atomic mass is 16.7. The molecule has 12 nitrogen and oxygen atoms in total. The number of phenols is 2. The van der Waals surface area contributed by atoms with Crippen molar-refractivity contribution in [2.24, 2.45) is 0 Å². The largest absolute Gasteiger partial charge is 0.508 e. The molecule has 0 saturated carbocycles. The average Bonchev–Trinajstić information content (AvgIpc) is 3.70. The Morgan fingerprint density at radius 1 is 0.583 bits per heavy atom. The number of rotatable bonds is 23. The van der Waals surface area contributed by atoms with E-state index in [0.717, 1.165) is 22.8 Å². The van der Waals surface area contributed by atoms with Gasteiger partial charge in [-0.2, -0.15) is 0 Å². The van der Waals surface area contributed by atoms with E-state index in [2.05, 4.69) is 18.9 Å². The van der Waals surface area contributed by atoms with Gasteiger partial charge in [-0.25, -0.2) is 9.97 Å². The first-order chi connectivity index (χ1) is 23.4. The predicted octanol–water partition coefficient (Wildman–Crippen LogP) is 4.99. The van der Waals surface area contributed by atoms with Gasteiger partial charge in [-0.1, -0.05) is 36.4 Å². The van der Waals surface area contributed by atoms with Crippen LogP contribution in [-0.2, 0) is 58.2 Å². The van der Waals surface area contributed by atoms with Crippen LogP contribution in [0.4, 0.5) is 0 Å². The van der Waals surface area contributed by atoms with Gasteiger partial charge in [-0.05, 0) is 39.8 Å². The zero-order valence-electron chi connectivity index (χ0n) is 28.8. The Morgan fingerprint density at radius 3 is 1.31 bits per heavy atom. The summed E-state index contributed by atoms with van der Waals surface area (Å²) in [5.74, 6) is 2.25. The lowest BCUT2D eigenvalue weighted by Gasteiger charge is -2.29. The number of para-hydroxylation sites is 2. The summed E-state index contributed by atoms with van der Waals surface area (Å²) < 4.78 is 27.4. The number of benzene rings is 2. The van der Waals surface area contributed by atoms with E-state index in [1.54, 1.807) is 24.5 Å². The molecule has 0 amide bonds. The molecule has 0 fully saturated rings. The van der Waals surface area contributed by atoms with Crippen molar-refractivity contribution in [1.29, 1.82) is 0 Å². The third-order valence-corrected chi connectivity index (χ3v) is 7.94. The molecule has 48 heavy (non-hydrogen) atoms. The Morgan fingerprint density at radius 2 is 0.958 bits per heavy atom. The summed E-state index contributed by atoms with van der Waals surface area (Å²) >= 11 is 0. The van der Waals surface area contributed by atoms with Gasteiger partial charge in [0.1, 0.15) is 23.1 Å². The van der Waals surface area contributed by atoms with Gasteiger partial charge in [-0.3, -0.25) is 9.80 Å². The van der Waals surface area contributed by atoms with Gasteiger partial charge in [0.15, 0.2) is 12.6 Å². The topological polar surface area (TPSA) is 120 Å². The minimum absolute atomic E-state index is 0.254. The Labute approximate surface area is 284 Å². The average molecular weight is 665 g/mol. The molecule has 0 aliphatic carbocycles. The Hall–Kier alpha value is -3.78. The molecule has 12 heteroatoms. The van der Waals surface area contributed by atoms with E-state index in [1.165, 1.54) is 0 Å². The maximum atomic E-state index is 10.7. The number of nitrogens with zero attached hydrogens (tertiary/aromatic N) is 6. The molecule has 2 N–H and O–H groups in total. The van der Waals surface area contributed by atoms with Crippen LogP contribution in [0.25, 0.3) is 0 Å². The standard InChI is InChI=1S/C36H52N6O6/c1-5-45-35(46-6-2)27-41-19-17-37-33(41)25-39(23-29-13-9-11-15-31(29)43)21-22-40(24-30-14-10-12-16-32(30)44)26-34-38-18-20-42(34)28-36(47-7-3)48-8-4/h9-20,35-36,43-44H,5-8,21-28H2,1-4H3. The van der Waals surface area contributed by atoms with E-state index in [1.807, 2.05) is 76.5 Å². The first-order valence-electron chi connectivity index (χ1n) is 16.9. The lowest BCUT2D eigenvalue weighted by atomic mass is 10.1. The van der Waals surface area contributed by atoms with Gasteiger partial charge < -0.3 is 38.3 Å². The Bertz CT molecular complexity index is 1360. The van der Waals surface area contributed by atoms with E-state index in [9.17, 15) is 10.2 Å². The summed E-state index contributed by atoms with van der Waals surface area (Å²) in [6, 6.07) is 14.8. The van der Waals surface area contributed by atoms with Crippen LogP contribution in [-0.4, -0.2) is 91.2 Å². The third-order valence-electron chi connectivity index (χ3n) is 7.94. The number of phenolic OH excluding ortho intramolecular Hbond substituents is 2. The number of hydrogen-bond acceptors (Lipinski definition) is 10. The molecule has 0 unspecified atom stereocenters. The summed E-state index contributed by atoms with van der Waals surface area (Å²) in [5.41, 5.74) is 1.66. The second-order valence-corrected chi connectivity index (χ2v) is 11.4. The quantitative estimate of drug-likeness (QED) is 0.105. The van der Waals surface area contributed by atoms with Crippen molar-refractivity contribution in [3.63, 3.8) is 0 Å². The zero-order valence-corrected chi connectivity index (χ0v) is 28.8. The highest BCUT2D eigenvalue weighted by molar-refractivity contribution is 5.32. The minimum atomic E-state index is -0.373. The van der Waals surface area contributed by atoms with Crippen molar-refractivity contribution in [2.45, 2.75) is 79.5 Å². The van der Waals surface area contributed by atoms with Crippen LogP contribution in [0.15, 0.2) is 73.3 Å². The van der Waals surface area contributed by atoms with E-state index in [-0.39, 0.29) is 24.1 Å². The van der Waals surface area contributed by atoms with Crippen LogP contribution in [0, 0.1) is 0 Å². The molecule has 2 aromatic carbocycles. The van der Waals surface area contributed by atoms with Crippen LogP contribution < -0.4 is 0 Å². The highest BCUT2D eigenvalue weighted by Gasteiger charge is 2.20. The second-order valence-electron chi connectivity index (χ2n) is 11.4. The Kier molecular flexibility index (Phi) is 15.4. The van der Waals surface area contributed by atoms with Crippen LogP contribution in [0.3, 0.4) is 0 Å². The molecule has 0 aliphatic rings. The zero-order chi connectivity index (χ0) is 34.1. The van der Waals surface area contributed by atoms with Crippen LogP contribution in [0.2, 0.25) is 0 Å². The maximum absolute atomic E-state index is 10.7. The number of aromatic nitrogens is 4. The van der Waals surface area contributed by atoms with E-state index in [0.29, 0.717) is 78.8 Å². The lowest BCUT2D eigenvalue weighted by molar-refractivity contribution is -0.144. The first-order valence-corrected chi connectivity index (χ1v) is 16.9. The van der Waals surface area contributed by atoms with Crippen LogP contribution in [0.5, 0.6) is 11.5 Å². The molecule has 0 atom stereocenters. The molecule has 2 aromatic heterocycles. The monoisotopic (exact) mass is 664 g/mol. The fraction of sp³-hybridized carbons (Fsp3) is 0.500. The lowest BCUT2D eigenvalue weighted by Crippen LogP contribution is -2.36. The number of aromatic hydroxyl groups is 2. The van der Waals surface area contributed by atoms with Gasteiger partial charge in [0.05, 0.1) is 26.2 Å². The van der Waals surface area contributed by atoms with E-state index >= 15 is 0 Å². The fourth-order valence-electron chi connectivity index (χ4n) is 5.57. The molecule has 2 heterocycles. The molecular weight excluding hydrogens is 612 g/mol. The molecule has 0 bridgehead atoms. The minimum Gasteiger partial charge on any atom is -0.508 e. The van der Waals surface area contributed by atoms with Crippen LogP contribution >= 0.6 is 0 Å². The molecule has 0 saturated heterocycles. The van der Waals surface area contributed by atoms with Crippen LogP contribution in [0.1, 0.15) is 50.5 Å². The van der Waals surface area contributed by atoms with Crippen molar-refractivity contribution in [3.8, 4) is 11.5 Å². The summed E-state index contributed by atoms with van der Waals surface area (Å²) in [7, 11) is 0. The maximum Gasteiger partial charge on any atom is 0.175 e. The normalized spacial score (nSPS) is 11.9. The van der Waals surface area contributed by atoms with Crippen molar-refractivity contribution in [3.05, 3.63) is 96.1 Å². The van der Waals surface area contributed by atoms with E-state index < -0.39 is 0 Å². The summed E-state index contributed by atoms with van der Waals surface area (Å²) in [4.78, 5) is 13.9. The SMILES string of the molecule is CCOC(Cn1ccnc1CN(CCN(Cc1ccccc1O)Cc1nccn1CC(OCC)OCC)Cc1ccccc1O)OCC. The third kappa shape index (κ3) is 11.4. The number of ether oxygens (including phenoxy) is 4. The molecule has 4 aromatic rings. The smallest absolute Gasteiger partial charge is 0.175 e. The number of imidazole rings is 2. The molecule has 0 aliphatic heterocycles. The molecular formula is C36H52N6O6. The van der Waals surface area contributed by atoms with Gasteiger partial charge in [-0.15, -0.1) is 0 Å². The van der Waals surface area contributed by atoms with Gasteiger partial charge >= 0.3 is 0 Å². The fourth-order valence-corrected chi connectivity index (χ4v) is 5.57.